The van der Waals surface area contributed by atoms with Crippen molar-refractivity contribution < 1.29 is 19.4 Å². The number of hydrogen-bond acceptors (Lipinski definition) is 4. The van der Waals surface area contributed by atoms with Gasteiger partial charge in [-0.25, -0.2) is 0 Å². The van der Waals surface area contributed by atoms with Gasteiger partial charge in [-0.2, -0.15) is 0 Å². The summed E-state index contributed by atoms with van der Waals surface area (Å²) in [5, 5.41) is 8.89. The lowest BCUT2D eigenvalue weighted by Gasteiger charge is -2.36. The average Bonchev–Trinajstić information content (AvgIpc) is 2.42. The Kier molecular flexibility index (Phi) is 5.44. The summed E-state index contributed by atoms with van der Waals surface area (Å²) in [6.07, 6.45) is 2.10. The number of carbonyl (C=O) groups is 1. The van der Waals surface area contributed by atoms with Crippen LogP contribution >= 0.6 is 0 Å². The molecule has 0 radical (unpaired) electrons. The molecule has 1 heterocycles. The summed E-state index contributed by atoms with van der Waals surface area (Å²) < 4.78 is 11.1. The van der Waals surface area contributed by atoms with Crippen molar-refractivity contribution in [3.05, 3.63) is 23.8 Å². The van der Waals surface area contributed by atoms with Crippen molar-refractivity contribution in [1.82, 2.24) is 4.90 Å². The maximum atomic E-state index is 10.8. The van der Waals surface area contributed by atoms with Crippen molar-refractivity contribution in [3.8, 4) is 11.5 Å². The van der Waals surface area contributed by atoms with Crippen molar-refractivity contribution in [1.29, 1.82) is 0 Å². The molecule has 1 saturated heterocycles. The molecule has 5 heteroatoms. The third-order valence-corrected chi connectivity index (χ3v) is 3.70. The number of benzene rings is 1. The van der Waals surface area contributed by atoms with Crippen LogP contribution in [0.4, 0.5) is 0 Å². The molecule has 1 aliphatic rings. The monoisotopic (exact) mass is 293 g/mol. The van der Waals surface area contributed by atoms with Crippen LogP contribution in [-0.2, 0) is 11.3 Å². The molecule has 0 unspecified atom stereocenters. The second kappa shape index (κ2) is 7.31. The number of likely N-dealkylation sites (tertiary alicyclic amines) is 1. The maximum absolute atomic E-state index is 10.8. The molecular formula is C16H23NO4. The van der Waals surface area contributed by atoms with E-state index in [0.717, 1.165) is 36.4 Å². The maximum Gasteiger partial charge on any atom is 0.309 e. The molecule has 1 aromatic carbocycles. The van der Waals surface area contributed by atoms with Gasteiger partial charge in [0.05, 0.1) is 19.6 Å². The van der Waals surface area contributed by atoms with E-state index in [2.05, 4.69) is 11.8 Å². The SMILES string of the molecule is CCCCOc1cc(CN2CC(C(=O)O)C2)ccc1OC. The van der Waals surface area contributed by atoms with Crippen molar-refractivity contribution in [3.63, 3.8) is 0 Å². The fourth-order valence-corrected chi connectivity index (χ4v) is 2.37. The summed E-state index contributed by atoms with van der Waals surface area (Å²) in [7, 11) is 1.63. The van der Waals surface area contributed by atoms with E-state index >= 15 is 0 Å². The molecule has 0 aromatic heterocycles. The first kappa shape index (κ1) is 15.6. The van der Waals surface area contributed by atoms with Crippen molar-refractivity contribution >= 4 is 5.97 Å². The number of ether oxygens (including phenoxy) is 2. The van der Waals surface area contributed by atoms with Crippen molar-refractivity contribution in [2.75, 3.05) is 26.8 Å². The Hall–Kier alpha value is -1.75. The summed E-state index contributed by atoms with van der Waals surface area (Å²) in [4.78, 5) is 12.9. The van der Waals surface area contributed by atoms with Gasteiger partial charge in [0, 0.05) is 19.6 Å². The fourth-order valence-electron chi connectivity index (χ4n) is 2.37. The van der Waals surface area contributed by atoms with E-state index in [9.17, 15) is 4.79 Å². The van der Waals surface area contributed by atoms with Gasteiger partial charge >= 0.3 is 5.97 Å². The van der Waals surface area contributed by atoms with E-state index in [1.807, 2.05) is 18.2 Å². The molecule has 0 bridgehead atoms. The van der Waals surface area contributed by atoms with Gasteiger partial charge in [0.15, 0.2) is 11.5 Å². The summed E-state index contributed by atoms with van der Waals surface area (Å²) >= 11 is 0. The smallest absolute Gasteiger partial charge is 0.309 e. The van der Waals surface area contributed by atoms with E-state index in [0.29, 0.717) is 19.7 Å². The highest BCUT2D eigenvalue weighted by Crippen LogP contribution is 2.29. The van der Waals surface area contributed by atoms with E-state index in [1.54, 1.807) is 7.11 Å². The topological polar surface area (TPSA) is 59.0 Å². The van der Waals surface area contributed by atoms with Crippen molar-refractivity contribution in [2.45, 2.75) is 26.3 Å². The van der Waals surface area contributed by atoms with Crippen LogP contribution in [0.5, 0.6) is 11.5 Å². The van der Waals surface area contributed by atoms with Crippen LogP contribution in [0, 0.1) is 5.92 Å². The Labute approximate surface area is 125 Å². The molecule has 0 atom stereocenters. The lowest BCUT2D eigenvalue weighted by Crippen LogP contribution is -2.49. The minimum atomic E-state index is -0.704. The Morgan fingerprint density at radius 3 is 2.76 bits per heavy atom. The number of nitrogens with zero attached hydrogens (tertiary/aromatic N) is 1. The Morgan fingerprint density at radius 1 is 1.38 bits per heavy atom. The average molecular weight is 293 g/mol. The molecule has 21 heavy (non-hydrogen) atoms. The second-order valence-electron chi connectivity index (χ2n) is 5.42. The van der Waals surface area contributed by atoms with Crippen LogP contribution in [0.15, 0.2) is 18.2 Å². The highest BCUT2D eigenvalue weighted by Gasteiger charge is 2.32. The molecule has 0 spiro atoms. The Morgan fingerprint density at radius 2 is 2.14 bits per heavy atom. The van der Waals surface area contributed by atoms with Crippen LogP contribution in [0.25, 0.3) is 0 Å². The van der Waals surface area contributed by atoms with Crippen LogP contribution in [-0.4, -0.2) is 42.8 Å². The first-order valence-electron chi connectivity index (χ1n) is 7.39. The summed E-state index contributed by atoms with van der Waals surface area (Å²) in [5.41, 5.74) is 1.12. The van der Waals surface area contributed by atoms with Gasteiger partial charge in [0.2, 0.25) is 0 Å². The first-order chi connectivity index (χ1) is 10.1. The zero-order valence-electron chi connectivity index (χ0n) is 12.7. The van der Waals surface area contributed by atoms with E-state index in [-0.39, 0.29) is 5.92 Å². The predicted molar refractivity (Wildman–Crippen MR) is 79.8 cm³/mol. The minimum absolute atomic E-state index is 0.219. The van der Waals surface area contributed by atoms with Gasteiger partial charge in [0.25, 0.3) is 0 Å². The molecule has 0 amide bonds. The first-order valence-corrected chi connectivity index (χ1v) is 7.39. The number of rotatable bonds is 8. The van der Waals surface area contributed by atoms with Gasteiger partial charge in [-0.3, -0.25) is 9.69 Å². The van der Waals surface area contributed by atoms with Gasteiger partial charge in [-0.05, 0) is 24.1 Å². The summed E-state index contributed by atoms with van der Waals surface area (Å²) in [5.74, 6) is 0.578. The summed E-state index contributed by atoms with van der Waals surface area (Å²) in [6.45, 7) is 4.79. The zero-order chi connectivity index (χ0) is 15.2. The van der Waals surface area contributed by atoms with E-state index in [4.69, 9.17) is 14.6 Å². The van der Waals surface area contributed by atoms with E-state index in [1.165, 1.54) is 0 Å². The fraction of sp³-hybridized carbons (Fsp3) is 0.562. The molecular weight excluding hydrogens is 270 g/mol. The quantitative estimate of drug-likeness (QED) is 0.746. The molecule has 1 fully saturated rings. The molecule has 5 nitrogen and oxygen atoms in total. The minimum Gasteiger partial charge on any atom is -0.493 e. The Balaban J connectivity index is 1.94. The van der Waals surface area contributed by atoms with E-state index < -0.39 is 5.97 Å². The molecule has 0 aliphatic carbocycles. The van der Waals surface area contributed by atoms with Crippen molar-refractivity contribution in [2.24, 2.45) is 5.92 Å². The lowest BCUT2D eigenvalue weighted by atomic mass is 9.99. The highest BCUT2D eigenvalue weighted by atomic mass is 16.5. The molecule has 0 saturated carbocycles. The normalized spacial score (nSPS) is 15.5. The van der Waals surface area contributed by atoms with Crippen LogP contribution in [0.2, 0.25) is 0 Å². The van der Waals surface area contributed by atoms with Gasteiger partial charge in [-0.15, -0.1) is 0 Å². The number of carboxylic acid groups (broad SMARTS) is 1. The molecule has 1 aliphatic heterocycles. The summed E-state index contributed by atoms with van der Waals surface area (Å²) in [6, 6.07) is 5.90. The number of aliphatic carboxylic acids is 1. The lowest BCUT2D eigenvalue weighted by molar-refractivity contribution is -0.147. The Bertz CT molecular complexity index is 483. The van der Waals surface area contributed by atoms with Crippen LogP contribution in [0.3, 0.4) is 0 Å². The van der Waals surface area contributed by atoms with Crippen LogP contribution < -0.4 is 9.47 Å². The molecule has 116 valence electrons. The molecule has 1 N–H and O–H groups in total. The number of hydrogen-bond donors (Lipinski definition) is 1. The number of carboxylic acids is 1. The van der Waals surface area contributed by atoms with Gasteiger partial charge in [0.1, 0.15) is 0 Å². The second-order valence-corrected chi connectivity index (χ2v) is 5.42. The highest BCUT2D eigenvalue weighted by molar-refractivity contribution is 5.71. The zero-order valence-corrected chi connectivity index (χ0v) is 12.7. The number of unbranched alkanes of at least 4 members (excludes halogenated alkanes) is 1. The largest absolute Gasteiger partial charge is 0.493 e. The molecule has 1 aromatic rings. The van der Waals surface area contributed by atoms with Gasteiger partial charge in [-0.1, -0.05) is 19.4 Å². The molecule has 2 rings (SSSR count). The predicted octanol–water partition coefficient (Wildman–Crippen LogP) is 2.39. The van der Waals surface area contributed by atoms with Gasteiger partial charge < -0.3 is 14.6 Å². The van der Waals surface area contributed by atoms with Crippen LogP contribution in [0.1, 0.15) is 25.3 Å². The number of methoxy groups -OCH3 is 1. The third-order valence-electron chi connectivity index (χ3n) is 3.70. The third kappa shape index (κ3) is 4.11. The standard InChI is InChI=1S/C16H23NO4/c1-3-4-7-21-15-8-12(5-6-14(15)20-2)9-17-10-13(11-17)16(18)19/h5-6,8,13H,3-4,7,9-11H2,1-2H3,(H,18,19).